The summed E-state index contributed by atoms with van der Waals surface area (Å²) in [5, 5.41) is 2.82. The molecule has 0 radical (unpaired) electrons. The summed E-state index contributed by atoms with van der Waals surface area (Å²) >= 11 is 17.4. The molecule has 1 aliphatic rings. The predicted molar refractivity (Wildman–Crippen MR) is 79.9 cm³/mol. The molecule has 0 spiro atoms. The first-order valence-corrected chi connectivity index (χ1v) is 7.49. The highest BCUT2D eigenvalue weighted by molar-refractivity contribution is 6.48. The van der Waals surface area contributed by atoms with Crippen molar-refractivity contribution in [2.75, 3.05) is 6.61 Å². The molecule has 1 fully saturated rings. The van der Waals surface area contributed by atoms with Gasteiger partial charge in [0, 0.05) is 12.2 Å². The van der Waals surface area contributed by atoms with E-state index in [-0.39, 0.29) is 32.7 Å². The first-order valence-electron chi connectivity index (χ1n) is 6.36. The zero-order valence-corrected chi connectivity index (χ0v) is 13.4. The molecule has 1 aliphatic carbocycles. The molecule has 1 aromatic rings. The molecule has 0 bridgehead atoms. The van der Waals surface area contributed by atoms with E-state index in [9.17, 15) is 9.59 Å². The number of carbonyl (C=O) groups is 2. The molecule has 1 N–H and O–H groups in total. The van der Waals surface area contributed by atoms with E-state index >= 15 is 0 Å². The summed E-state index contributed by atoms with van der Waals surface area (Å²) in [6, 6.07) is 0.0860. The molecule has 114 valence electrons. The van der Waals surface area contributed by atoms with Gasteiger partial charge < -0.3 is 10.1 Å². The summed E-state index contributed by atoms with van der Waals surface area (Å²) in [5.41, 5.74) is -0.172. The highest BCUT2D eigenvalue weighted by Crippen LogP contribution is 2.32. The Labute approximate surface area is 136 Å². The first kappa shape index (κ1) is 16.3. The van der Waals surface area contributed by atoms with Crippen LogP contribution in [0.15, 0.2) is 6.20 Å². The number of halogens is 3. The quantitative estimate of drug-likeness (QED) is 0.828. The number of ether oxygens (including phenoxy) is 1. The van der Waals surface area contributed by atoms with E-state index in [0.717, 1.165) is 12.8 Å². The van der Waals surface area contributed by atoms with Gasteiger partial charge in [-0.2, -0.15) is 0 Å². The summed E-state index contributed by atoms with van der Waals surface area (Å²) in [6.45, 7) is 1.53. The lowest BCUT2D eigenvalue weighted by Gasteiger charge is -2.13. The first-order chi connectivity index (χ1) is 9.90. The van der Waals surface area contributed by atoms with Gasteiger partial charge in [-0.05, 0) is 25.7 Å². The Morgan fingerprint density at radius 1 is 1.38 bits per heavy atom. The van der Waals surface area contributed by atoms with E-state index in [2.05, 4.69) is 10.3 Å². The molecule has 5 nitrogen and oxygen atoms in total. The maximum atomic E-state index is 11.8. The van der Waals surface area contributed by atoms with Gasteiger partial charge in [-0.3, -0.25) is 4.79 Å². The number of carbonyl (C=O) groups excluding carboxylic acids is 2. The Morgan fingerprint density at radius 3 is 2.67 bits per heavy atom. The van der Waals surface area contributed by atoms with Crippen LogP contribution in [0, 0.1) is 5.92 Å². The Hall–Kier alpha value is -1.04. The average Bonchev–Trinajstić information content (AvgIpc) is 3.27. The third kappa shape index (κ3) is 4.22. The maximum absolute atomic E-state index is 11.8. The van der Waals surface area contributed by atoms with Gasteiger partial charge in [0.15, 0.2) is 12.3 Å². The zero-order valence-electron chi connectivity index (χ0n) is 11.2. The molecule has 8 heteroatoms. The van der Waals surface area contributed by atoms with Crippen molar-refractivity contribution in [3.8, 4) is 0 Å². The molecule has 1 amide bonds. The van der Waals surface area contributed by atoms with Crippen molar-refractivity contribution in [2.24, 2.45) is 5.92 Å². The summed E-state index contributed by atoms with van der Waals surface area (Å²) < 4.78 is 4.87. The Morgan fingerprint density at radius 2 is 2.05 bits per heavy atom. The third-order valence-electron chi connectivity index (χ3n) is 3.16. The molecule has 1 heterocycles. The second-order valence-corrected chi connectivity index (χ2v) is 6.02. The standard InChI is InChI=1S/C13H13Cl3N2O3/c1-6(7-2-3-7)18-9(19)5-21-13(20)12-11(16)10(15)8(14)4-17-12/h4,6-7H,2-3,5H2,1H3,(H,18,19)/t6-/m1/s1. The minimum Gasteiger partial charge on any atom is -0.451 e. The van der Waals surface area contributed by atoms with Crippen molar-refractivity contribution in [1.82, 2.24) is 10.3 Å². The van der Waals surface area contributed by atoms with Crippen LogP contribution in [0.3, 0.4) is 0 Å². The van der Waals surface area contributed by atoms with E-state index in [0.29, 0.717) is 5.92 Å². The molecular formula is C13H13Cl3N2O3. The molecule has 0 aromatic carbocycles. The normalized spacial score (nSPS) is 15.4. The molecule has 1 atom stereocenters. The van der Waals surface area contributed by atoms with Crippen molar-refractivity contribution in [3.63, 3.8) is 0 Å². The second-order valence-electron chi connectivity index (χ2n) is 4.85. The van der Waals surface area contributed by atoms with Crippen LogP contribution in [-0.2, 0) is 9.53 Å². The Balaban J connectivity index is 1.89. The number of nitrogens with zero attached hydrogens (tertiary/aromatic N) is 1. The van der Waals surface area contributed by atoms with Crippen molar-refractivity contribution >= 4 is 46.7 Å². The number of rotatable bonds is 5. The van der Waals surface area contributed by atoms with Crippen LogP contribution < -0.4 is 5.32 Å². The molecule has 2 rings (SSSR count). The minimum absolute atomic E-state index is 0.0205. The van der Waals surface area contributed by atoms with E-state index in [1.807, 2.05) is 6.92 Å². The highest BCUT2D eigenvalue weighted by Gasteiger charge is 2.29. The van der Waals surface area contributed by atoms with Crippen LogP contribution in [0.25, 0.3) is 0 Å². The number of hydrogen-bond acceptors (Lipinski definition) is 4. The largest absolute Gasteiger partial charge is 0.451 e. The van der Waals surface area contributed by atoms with Crippen LogP contribution in [0.1, 0.15) is 30.3 Å². The van der Waals surface area contributed by atoms with Crippen molar-refractivity contribution in [2.45, 2.75) is 25.8 Å². The lowest BCUT2D eigenvalue weighted by Crippen LogP contribution is -2.37. The van der Waals surface area contributed by atoms with Crippen LogP contribution in [0.4, 0.5) is 0 Å². The van der Waals surface area contributed by atoms with Gasteiger partial charge in [0.2, 0.25) is 0 Å². The molecule has 1 saturated carbocycles. The number of esters is 1. The Kier molecular flexibility index (Phi) is 5.30. The zero-order chi connectivity index (χ0) is 15.6. The third-order valence-corrected chi connectivity index (χ3v) is 4.40. The number of pyridine rings is 1. The van der Waals surface area contributed by atoms with E-state index < -0.39 is 12.6 Å². The fraction of sp³-hybridized carbons (Fsp3) is 0.462. The van der Waals surface area contributed by atoms with Gasteiger partial charge in [0.05, 0.1) is 15.1 Å². The van der Waals surface area contributed by atoms with Crippen LogP contribution in [0.5, 0.6) is 0 Å². The van der Waals surface area contributed by atoms with Gasteiger partial charge in [-0.25, -0.2) is 9.78 Å². The van der Waals surface area contributed by atoms with Crippen molar-refractivity contribution in [1.29, 1.82) is 0 Å². The van der Waals surface area contributed by atoms with Gasteiger partial charge in [0.1, 0.15) is 0 Å². The van der Waals surface area contributed by atoms with Crippen molar-refractivity contribution < 1.29 is 14.3 Å². The van der Waals surface area contributed by atoms with E-state index in [1.165, 1.54) is 6.20 Å². The number of hydrogen-bond donors (Lipinski definition) is 1. The van der Waals surface area contributed by atoms with Crippen LogP contribution >= 0.6 is 34.8 Å². The van der Waals surface area contributed by atoms with Crippen LogP contribution in [0.2, 0.25) is 15.1 Å². The second kappa shape index (κ2) is 6.81. The van der Waals surface area contributed by atoms with Gasteiger partial charge in [-0.1, -0.05) is 34.8 Å². The number of aromatic nitrogens is 1. The monoisotopic (exact) mass is 350 g/mol. The van der Waals surface area contributed by atoms with Gasteiger partial charge in [-0.15, -0.1) is 0 Å². The minimum atomic E-state index is -0.826. The van der Waals surface area contributed by atoms with Crippen LogP contribution in [-0.4, -0.2) is 29.5 Å². The average molecular weight is 352 g/mol. The molecule has 1 aromatic heterocycles. The molecular weight excluding hydrogens is 339 g/mol. The van der Waals surface area contributed by atoms with E-state index in [1.54, 1.807) is 0 Å². The summed E-state index contributed by atoms with van der Waals surface area (Å²) in [7, 11) is 0. The predicted octanol–water partition coefficient (Wildman–Crippen LogP) is 3.11. The lowest BCUT2D eigenvalue weighted by atomic mass is 10.2. The Bertz CT molecular complexity index is 576. The SMILES string of the molecule is C[C@@H](NC(=O)COC(=O)c1ncc(Cl)c(Cl)c1Cl)C1CC1. The van der Waals surface area contributed by atoms with Gasteiger partial charge in [0.25, 0.3) is 5.91 Å². The highest BCUT2D eigenvalue weighted by atomic mass is 35.5. The summed E-state index contributed by atoms with van der Waals surface area (Å²) in [6.07, 6.45) is 3.43. The van der Waals surface area contributed by atoms with Gasteiger partial charge >= 0.3 is 5.97 Å². The lowest BCUT2D eigenvalue weighted by molar-refractivity contribution is -0.125. The van der Waals surface area contributed by atoms with E-state index in [4.69, 9.17) is 39.5 Å². The fourth-order valence-electron chi connectivity index (χ4n) is 1.79. The number of nitrogens with one attached hydrogen (secondary N) is 1. The summed E-state index contributed by atoms with van der Waals surface area (Å²) in [5.74, 6) is -0.664. The molecule has 21 heavy (non-hydrogen) atoms. The topological polar surface area (TPSA) is 68.3 Å². The number of amides is 1. The fourth-order valence-corrected chi connectivity index (χ4v) is 2.35. The molecule has 0 saturated heterocycles. The smallest absolute Gasteiger partial charge is 0.359 e. The molecule has 0 aliphatic heterocycles. The van der Waals surface area contributed by atoms with Crippen molar-refractivity contribution in [3.05, 3.63) is 27.0 Å². The molecule has 0 unspecified atom stereocenters. The maximum Gasteiger partial charge on any atom is 0.359 e. The summed E-state index contributed by atoms with van der Waals surface area (Å²) in [4.78, 5) is 27.2.